The number of aryl methyl sites for hydroxylation is 1. The minimum atomic E-state index is -0.776. The molecule has 3 rings (SSSR count). The van der Waals surface area contributed by atoms with Gasteiger partial charge >= 0.3 is 7.12 Å². The van der Waals surface area contributed by atoms with E-state index in [9.17, 15) is 10.1 Å². The van der Waals surface area contributed by atoms with Gasteiger partial charge in [-0.3, -0.25) is 10.1 Å². The van der Waals surface area contributed by atoms with E-state index in [4.69, 9.17) is 18.8 Å². The van der Waals surface area contributed by atoms with Crippen LogP contribution < -0.4 is 5.46 Å². The van der Waals surface area contributed by atoms with E-state index in [0.717, 1.165) is 24.0 Å². The summed E-state index contributed by atoms with van der Waals surface area (Å²) in [4.78, 5) is 11.4. The Morgan fingerprint density at radius 1 is 1.00 bits per heavy atom. The predicted octanol–water partition coefficient (Wildman–Crippen LogP) is 4.11. The van der Waals surface area contributed by atoms with Gasteiger partial charge in [-0.25, -0.2) is 0 Å². The molecule has 31 heavy (non-hydrogen) atoms. The second-order valence-corrected chi connectivity index (χ2v) is 8.73. The molecule has 1 saturated heterocycles. The topological polar surface area (TPSA) is 80.1 Å². The first-order chi connectivity index (χ1) is 14.6. The molecule has 1 heterocycles. The number of methoxy groups -OCH3 is 1. The first-order valence-corrected chi connectivity index (χ1v) is 10.4. The first-order valence-electron chi connectivity index (χ1n) is 10.4. The van der Waals surface area contributed by atoms with Gasteiger partial charge in [0.25, 0.3) is 5.69 Å². The Morgan fingerprint density at radius 3 is 2.19 bits per heavy atom. The van der Waals surface area contributed by atoms with Crippen LogP contribution >= 0.6 is 0 Å². The van der Waals surface area contributed by atoms with E-state index in [2.05, 4.69) is 0 Å². The standard InChI is InChI=1S/C23H30BNO6/c1-22(2)23(3,4)31-24(30-22)20-13-12-19(15-21(20)25(26)27)18-10-8-17(9-11-18)7-6-14-29-16-28-5/h8-13,15H,6-7,14,16H2,1-5H3. The number of hydrogen-bond donors (Lipinski definition) is 0. The summed E-state index contributed by atoms with van der Waals surface area (Å²) >= 11 is 0. The van der Waals surface area contributed by atoms with E-state index in [1.165, 1.54) is 5.56 Å². The molecule has 0 bridgehead atoms. The summed E-state index contributed by atoms with van der Waals surface area (Å²) in [6, 6.07) is 13.3. The van der Waals surface area contributed by atoms with E-state index >= 15 is 0 Å². The average molecular weight is 427 g/mol. The number of hydrogen-bond acceptors (Lipinski definition) is 6. The Labute approximate surface area is 183 Å². The normalized spacial score (nSPS) is 17.1. The Balaban J connectivity index is 1.76. The van der Waals surface area contributed by atoms with Crippen molar-refractivity contribution in [3.63, 3.8) is 0 Å². The van der Waals surface area contributed by atoms with Crippen LogP contribution in [0.15, 0.2) is 42.5 Å². The molecule has 0 aromatic heterocycles. The van der Waals surface area contributed by atoms with E-state index in [0.29, 0.717) is 18.9 Å². The number of benzene rings is 2. The zero-order chi connectivity index (χ0) is 22.6. The van der Waals surface area contributed by atoms with Gasteiger partial charge in [0.2, 0.25) is 0 Å². The van der Waals surface area contributed by atoms with Crippen molar-refractivity contribution >= 4 is 18.3 Å². The molecule has 0 atom stereocenters. The largest absolute Gasteiger partial charge is 0.501 e. The SMILES string of the molecule is COCOCCCc1ccc(-c2ccc(B3OC(C)(C)C(C)(C)O3)c([N+](=O)[O-])c2)cc1. The molecule has 0 radical (unpaired) electrons. The molecule has 0 saturated carbocycles. The van der Waals surface area contributed by atoms with Gasteiger partial charge < -0.3 is 18.8 Å². The highest BCUT2D eigenvalue weighted by Crippen LogP contribution is 2.37. The summed E-state index contributed by atoms with van der Waals surface area (Å²) in [5.74, 6) is 0. The van der Waals surface area contributed by atoms with Gasteiger partial charge in [0.1, 0.15) is 6.79 Å². The minimum absolute atomic E-state index is 0.00429. The first kappa shape index (κ1) is 23.4. The van der Waals surface area contributed by atoms with Crippen molar-refractivity contribution in [2.45, 2.75) is 51.7 Å². The number of nitro groups is 1. The fraction of sp³-hybridized carbons (Fsp3) is 0.478. The fourth-order valence-corrected chi connectivity index (χ4v) is 3.44. The summed E-state index contributed by atoms with van der Waals surface area (Å²) in [5, 5.41) is 11.8. The van der Waals surface area contributed by atoms with Crippen LogP contribution in [0.25, 0.3) is 11.1 Å². The summed E-state index contributed by atoms with van der Waals surface area (Å²) < 4.78 is 22.2. The molecule has 0 N–H and O–H groups in total. The maximum atomic E-state index is 11.8. The van der Waals surface area contributed by atoms with Gasteiger partial charge in [-0.1, -0.05) is 36.4 Å². The molecule has 0 spiro atoms. The molecule has 166 valence electrons. The highest BCUT2D eigenvalue weighted by molar-refractivity contribution is 6.63. The summed E-state index contributed by atoms with van der Waals surface area (Å²) in [6.45, 7) is 8.66. The minimum Gasteiger partial charge on any atom is -0.399 e. The van der Waals surface area contributed by atoms with E-state index in [-0.39, 0.29) is 10.6 Å². The van der Waals surface area contributed by atoms with Crippen molar-refractivity contribution in [1.82, 2.24) is 0 Å². The molecule has 0 unspecified atom stereocenters. The van der Waals surface area contributed by atoms with Gasteiger partial charge in [0.05, 0.1) is 21.6 Å². The number of rotatable bonds is 9. The van der Waals surface area contributed by atoms with Crippen molar-refractivity contribution in [2.75, 3.05) is 20.5 Å². The summed E-state index contributed by atoms with van der Waals surface area (Å²) in [7, 11) is 0.826. The van der Waals surface area contributed by atoms with Crippen LogP contribution in [0.2, 0.25) is 0 Å². The van der Waals surface area contributed by atoms with Gasteiger partial charge in [-0.05, 0) is 57.2 Å². The highest BCUT2D eigenvalue weighted by atomic mass is 16.7. The van der Waals surface area contributed by atoms with Crippen LogP contribution in [0.1, 0.15) is 39.7 Å². The smallest absolute Gasteiger partial charge is 0.399 e. The monoisotopic (exact) mass is 427 g/mol. The quantitative estimate of drug-likeness (QED) is 0.197. The van der Waals surface area contributed by atoms with Crippen LogP contribution in [0.5, 0.6) is 0 Å². The number of ether oxygens (including phenoxy) is 2. The van der Waals surface area contributed by atoms with Crippen LogP contribution in [-0.4, -0.2) is 43.8 Å². The Hall–Kier alpha value is -2.26. The van der Waals surface area contributed by atoms with Crippen molar-refractivity contribution < 1.29 is 23.7 Å². The zero-order valence-electron chi connectivity index (χ0n) is 18.8. The number of nitro benzene ring substituents is 1. The second-order valence-electron chi connectivity index (χ2n) is 8.73. The maximum absolute atomic E-state index is 11.8. The molecule has 1 aliphatic rings. The highest BCUT2D eigenvalue weighted by Gasteiger charge is 2.53. The lowest BCUT2D eigenvalue weighted by molar-refractivity contribution is -0.383. The van der Waals surface area contributed by atoms with Crippen molar-refractivity contribution in [1.29, 1.82) is 0 Å². The van der Waals surface area contributed by atoms with E-state index in [1.807, 2.05) is 58.0 Å². The fourth-order valence-electron chi connectivity index (χ4n) is 3.44. The third kappa shape index (κ3) is 5.33. The van der Waals surface area contributed by atoms with Crippen molar-refractivity contribution in [3.05, 3.63) is 58.1 Å². The van der Waals surface area contributed by atoms with Crippen LogP contribution in [-0.2, 0) is 25.2 Å². The van der Waals surface area contributed by atoms with Crippen LogP contribution in [0.4, 0.5) is 5.69 Å². The van der Waals surface area contributed by atoms with Crippen molar-refractivity contribution in [2.24, 2.45) is 0 Å². The summed E-state index contributed by atoms with van der Waals surface area (Å²) in [5.41, 5.74) is 2.19. The molecular weight excluding hydrogens is 397 g/mol. The lowest BCUT2D eigenvalue weighted by Crippen LogP contribution is -2.41. The lowest BCUT2D eigenvalue weighted by Gasteiger charge is -2.32. The predicted molar refractivity (Wildman–Crippen MR) is 120 cm³/mol. The maximum Gasteiger partial charge on any atom is 0.501 e. The Kier molecular flexibility index (Phi) is 7.16. The van der Waals surface area contributed by atoms with Gasteiger partial charge in [0, 0.05) is 19.8 Å². The number of nitrogens with zero attached hydrogens (tertiary/aromatic N) is 1. The Bertz CT molecular complexity index is 897. The second kappa shape index (κ2) is 9.48. The molecule has 1 fully saturated rings. The molecule has 2 aromatic carbocycles. The van der Waals surface area contributed by atoms with Crippen LogP contribution in [0, 0.1) is 10.1 Å². The van der Waals surface area contributed by atoms with E-state index in [1.54, 1.807) is 19.2 Å². The average Bonchev–Trinajstić information content (AvgIpc) is 2.95. The molecule has 0 amide bonds. The van der Waals surface area contributed by atoms with Gasteiger partial charge in [0.15, 0.2) is 0 Å². The molecule has 7 nitrogen and oxygen atoms in total. The van der Waals surface area contributed by atoms with Gasteiger partial charge in [-0.2, -0.15) is 0 Å². The van der Waals surface area contributed by atoms with Gasteiger partial charge in [-0.15, -0.1) is 0 Å². The molecule has 0 aliphatic carbocycles. The molecule has 8 heteroatoms. The van der Waals surface area contributed by atoms with E-state index < -0.39 is 18.3 Å². The van der Waals surface area contributed by atoms with Crippen molar-refractivity contribution in [3.8, 4) is 11.1 Å². The lowest BCUT2D eigenvalue weighted by atomic mass is 9.77. The third-order valence-electron chi connectivity index (χ3n) is 5.98. The third-order valence-corrected chi connectivity index (χ3v) is 5.98. The molecule has 1 aliphatic heterocycles. The molecular formula is C23H30BNO6. The molecule has 2 aromatic rings. The zero-order valence-corrected chi connectivity index (χ0v) is 18.8. The summed E-state index contributed by atoms with van der Waals surface area (Å²) in [6.07, 6.45) is 1.79. The van der Waals surface area contributed by atoms with Crippen LogP contribution in [0.3, 0.4) is 0 Å². The Morgan fingerprint density at radius 2 is 1.61 bits per heavy atom.